The molecule has 0 aliphatic carbocycles. The van der Waals surface area contributed by atoms with Gasteiger partial charge in [0, 0.05) is 11.1 Å². The van der Waals surface area contributed by atoms with Crippen LogP contribution in [0.2, 0.25) is 0 Å². The summed E-state index contributed by atoms with van der Waals surface area (Å²) in [7, 11) is 1.86. The largest absolute Gasteiger partial charge is 0.331 e. The molecule has 1 N–H and O–H groups in total. The molecule has 0 saturated carbocycles. The summed E-state index contributed by atoms with van der Waals surface area (Å²) in [4.78, 5) is 14.4. The number of nitrogens with one attached hydrogen (secondary N) is 1. The standard InChI is InChI=1S/C12H24N2O.C2H6/c1-10(2,3)14-9(15)12(6,13-7)8-11(14,4)5;1-2/h13H,8H2,1-7H3;1-2H3. The van der Waals surface area contributed by atoms with Gasteiger partial charge in [0.1, 0.15) is 0 Å². The van der Waals surface area contributed by atoms with Crippen molar-refractivity contribution in [3.8, 4) is 0 Å². The quantitative estimate of drug-likeness (QED) is 0.767. The fraction of sp³-hybridized carbons (Fsp3) is 0.929. The van der Waals surface area contributed by atoms with E-state index in [1.165, 1.54) is 0 Å². The maximum atomic E-state index is 12.4. The Labute approximate surface area is 107 Å². The molecular formula is C14H30N2O. The van der Waals surface area contributed by atoms with E-state index in [-0.39, 0.29) is 17.0 Å². The molecule has 0 spiro atoms. The molecule has 0 aromatic heterocycles. The topological polar surface area (TPSA) is 32.3 Å². The minimum absolute atomic E-state index is 0.0763. The first kappa shape index (κ1) is 16.4. The van der Waals surface area contributed by atoms with E-state index in [0.717, 1.165) is 6.42 Å². The Morgan fingerprint density at radius 3 is 1.76 bits per heavy atom. The molecule has 0 aromatic rings. The van der Waals surface area contributed by atoms with Crippen LogP contribution in [0.15, 0.2) is 0 Å². The van der Waals surface area contributed by atoms with Gasteiger partial charge in [0.15, 0.2) is 0 Å². The van der Waals surface area contributed by atoms with Crippen LogP contribution >= 0.6 is 0 Å². The smallest absolute Gasteiger partial charge is 0.243 e. The number of nitrogens with zero attached hydrogens (tertiary/aromatic N) is 1. The van der Waals surface area contributed by atoms with Crippen LogP contribution in [0.4, 0.5) is 0 Å². The minimum atomic E-state index is -0.406. The molecule has 0 bridgehead atoms. The van der Waals surface area contributed by atoms with Crippen molar-refractivity contribution in [1.29, 1.82) is 0 Å². The van der Waals surface area contributed by atoms with Crippen molar-refractivity contribution in [2.75, 3.05) is 7.05 Å². The summed E-state index contributed by atoms with van der Waals surface area (Å²) in [6.07, 6.45) is 0.854. The zero-order valence-electron chi connectivity index (χ0n) is 13.1. The molecule has 1 saturated heterocycles. The number of amides is 1. The second kappa shape index (κ2) is 4.97. The van der Waals surface area contributed by atoms with Crippen molar-refractivity contribution in [3.05, 3.63) is 0 Å². The lowest BCUT2D eigenvalue weighted by Gasteiger charge is -2.42. The van der Waals surface area contributed by atoms with Gasteiger partial charge in [0.05, 0.1) is 5.54 Å². The van der Waals surface area contributed by atoms with Crippen LogP contribution in [0.3, 0.4) is 0 Å². The summed E-state index contributed by atoms with van der Waals surface area (Å²) in [5.41, 5.74) is -0.598. The summed E-state index contributed by atoms with van der Waals surface area (Å²) in [6, 6.07) is 0. The lowest BCUT2D eigenvalue weighted by Crippen LogP contribution is -2.55. The van der Waals surface area contributed by atoms with E-state index in [1.807, 2.05) is 32.7 Å². The summed E-state index contributed by atoms with van der Waals surface area (Å²) < 4.78 is 0. The molecule has 102 valence electrons. The van der Waals surface area contributed by atoms with E-state index < -0.39 is 5.54 Å². The van der Waals surface area contributed by atoms with Gasteiger partial charge in [-0.15, -0.1) is 0 Å². The maximum absolute atomic E-state index is 12.4. The van der Waals surface area contributed by atoms with Gasteiger partial charge >= 0.3 is 0 Å². The number of rotatable bonds is 1. The van der Waals surface area contributed by atoms with E-state index in [0.29, 0.717) is 0 Å². The lowest BCUT2D eigenvalue weighted by atomic mass is 9.91. The molecule has 0 aromatic carbocycles. The molecular weight excluding hydrogens is 212 g/mol. The zero-order valence-corrected chi connectivity index (χ0v) is 13.1. The van der Waals surface area contributed by atoms with Crippen LogP contribution in [0, 0.1) is 0 Å². The molecule has 1 fully saturated rings. The molecule has 1 unspecified atom stereocenters. The average Bonchev–Trinajstić information content (AvgIpc) is 2.35. The van der Waals surface area contributed by atoms with Gasteiger partial charge in [-0.3, -0.25) is 4.79 Å². The minimum Gasteiger partial charge on any atom is -0.331 e. The van der Waals surface area contributed by atoms with E-state index in [1.54, 1.807) is 0 Å². The van der Waals surface area contributed by atoms with Gasteiger partial charge in [0.2, 0.25) is 5.91 Å². The SMILES string of the molecule is CC.CNC1(C)CC(C)(C)N(C(C)(C)C)C1=O. The first-order valence-electron chi connectivity index (χ1n) is 6.58. The van der Waals surface area contributed by atoms with Crippen LogP contribution in [-0.2, 0) is 4.79 Å². The van der Waals surface area contributed by atoms with E-state index in [2.05, 4.69) is 39.9 Å². The van der Waals surface area contributed by atoms with Crippen LogP contribution < -0.4 is 5.32 Å². The number of carbonyl (C=O) groups is 1. The van der Waals surface area contributed by atoms with Crippen molar-refractivity contribution in [2.45, 2.75) is 78.4 Å². The Bertz CT molecular complexity index is 278. The Balaban J connectivity index is 0.00000121. The number of carbonyl (C=O) groups excluding carboxylic acids is 1. The summed E-state index contributed by atoms with van der Waals surface area (Å²) in [5, 5.41) is 3.16. The van der Waals surface area contributed by atoms with Gasteiger partial charge < -0.3 is 10.2 Å². The number of hydrogen-bond acceptors (Lipinski definition) is 2. The molecule has 1 atom stereocenters. The third kappa shape index (κ3) is 3.01. The Hall–Kier alpha value is -0.570. The number of hydrogen-bond donors (Lipinski definition) is 1. The highest BCUT2D eigenvalue weighted by Gasteiger charge is 2.54. The van der Waals surface area contributed by atoms with Crippen molar-refractivity contribution in [2.24, 2.45) is 0 Å². The average molecular weight is 242 g/mol. The van der Waals surface area contributed by atoms with Crippen molar-refractivity contribution < 1.29 is 4.79 Å². The molecule has 0 radical (unpaired) electrons. The van der Waals surface area contributed by atoms with E-state index >= 15 is 0 Å². The molecule has 1 amide bonds. The van der Waals surface area contributed by atoms with E-state index in [9.17, 15) is 4.79 Å². The highest BCUT2D eigenvalue weighted by Crippen LogP contribution is 2.40. The zero-order chi connectivity index (χ0) is 14.1. The molecule has 1 aliphatic heterocycles. The van der Waals surface area contributed by atoms with Crippen LogP contribution in [0.5, 0.6) is 0 Å². The van der Waals surface area contributed by atoms with Gasteiger partial charge in [0.25, 0.3) is 0 Å². The first-order chi connectivity index (χ1) is 7.54. The van der Waals surface area contributed by atoms with Gasteiger partial charge in [-0.2, -0.15) is 0 Å². The maximum Gasteiger partial charge on any atom is 0.243 e. The molecule has 1 heterocycles. The number of likely N-dealkylation sites (N-methyl/N-ethyl adjacent to an activating group) is 1. The Morgan fingerprint density at radius 1 is 1.18 bits per heavy atom. The first-order valence-corrected chi connectivity index (χ1v) is 6.58. The van der Waals surface area contributed by atoms with Crippen LogP contribution in [-0.4, -0.2) is 34.5 Å². The highest BCUT2D eigenvalue weighted by molar-refractivity contribution is 5.90. The molecule has 3 heteroatoms. The number of likely N-dealkylation sites (tertiary alicyclic amines) is 1. The highest BCUT2D eigenvalue weighted by atomic mass is 16.2. The van der Waals surface area contributed by atoms with Crippen LogP contribution in [0.25, 0.3) is 0 Å². The fourth-order valence-corrected chi connectivity index (χ4v) is 2.95. The summed E-state index contributed by atoms with van der Waals surface area (Å²) in [6.45, 7) is 16.5. The van der Waals surface area contributed by atoms with E-state index in [4.69, 9.17) is 0 Å². The lowest BCUT2D eigenvalue weighted by molar-refractivity contribution is -0.140. The predicted octanol–water partition coefficient (Wildman–Crippen LogP) is 2.80. The second-order valence-corrected chi connectivity index (χ2v) is 6.38. The Kier molecular flexibility index (Phi) is 4.80. The Morgan fingerprint density at radius 2 is 1.59 bits per heavy atom. The van der Waals surface area contributed by atoms with Gasteiger partial charge in [-0.05, 0) is 55.0 Å². The predicted molar refractivity (Wildman–Crippen MR) is 74.1 cm³/mol. The second-order valence-electron chi connectivity index (χ2n) is 6.38. The van der Waals surface area contributed by atoms with Crippen LogP contribution in [0.1, 0.15) is 61.8 Å². The fourth-order valence-electron chi connectivity index (χ4n) is 2.95. The van der Waals surface area contributed by atoms with Gasteiger partial charge in [-0.1, -0.05) is 13.8 Å². The van der Waals surface area contributed by atoms with Crippen molar-refractivity contribution >= 4 is 5.91 Å². The summed E-state index contributed by atoms with van der Waals surface area (Å²) >= 11 is 0. The molecule has 3 nitrogen and oxygen atoms in total. The normalized spacial score (nSPS) is 27.8. The molecule has 1 rings (SSSR count). The molecule has 17 heavy (non-hydrogen) atoms. The third-order valence-corrected chi connectivity index (χ3v) is 3.29. The monoisotopic (exact) mass is 242 g/mol. The third-order valence-electron chi connectivity index (χ3n) is 3.29. The van der Waals surface area contributed by atoms with Crippen molar-refractivity contribution in [3.63, 3.8) is 0 Å². The summed E-state index contributed by atoms with van der Waals surface area (Å²) in [5.74, 6) is 0.211. The van der Waals surface area contributed by atoms with Crippen molar-refractivity contribution in [1.82, 2.24) is 10.2 Å². The van der Waals surface area contributed by atoms with Gasteiger partial charge in [-0.25, -0.2) is 0 Å². The molecule has 1 aliphatic rings.